The zero-order valence-corrected chi connectivity index (χ0v) is 24.4. The van der Waals surface area contributed by atoms with E-state index < -0.39 is 7.21 Å². The normalized spacial score (nSPS) is 16.7. The van der Waals surface area contributed by atoms with Gasteiger partial charge in [0.15, 0.2) is 0 Å². The smallest absolute Gasteiger partial charge is 0.271 e. The number of ether oxygens (including phenoxy) is 1. The van der Waals surface area contributed by atoms with Crippen LogP contribution in [0.3, 0.4) is 0 Å². The second kappa shape index (κ2) is 11.0. The molecule has 0 N–H and O–H groups in total. The maximum Gasteiger partial charge on any atom is 0.271 e. The van der Waals surface area contributed by atoms with Crippen LogP contribution in [0.15, 0.2) is 53.3 Å². The third-order valence-corrected chi connectivity index (χ3v) is 12.2. The molecule has 2 heterocycles. The molecule has 1 aliphatic rings. The molecule has 1 aromatic heterocycles. The highest BCUT2D eigenvalue weighted by atomic mass is 31.2. The Kier molecular flexibility index (Phi) is 8.12. The van der Waals surface area contributed by atoms with Crippen molar-refractivity contribution in [3.63, 3.8) is 0 Å². The summed E-state index contributed by atoms with van der Waals surface area (Å²) in [5.41, 5.74) is 3.48. The molecule has 0 aliphatic carbocycles. The molecule has 0 amide bonds. The summed E-state index contributed by atoms with van der Waals surface area (Å²) in [4.78, 5) is 13.8. The lowest BCUT2D eigenvalue weighted by Crippen LogP contribution is -2.49. The first-order chi connectivity index (χ1) is 18.0. The van der Waals surface area contributed by atoms with Gasteiger partial charge in [0.2, 0.25) is 0 Å². The van der Waals surface area contributed by atoms with Crippen LogP contribution in [0, 0.1) is 24.0 Å². The zero-order chi connectivity index (χ0) is 27.7. The number of nitro benzene ring substituents is 1. The molecular weight excluding hydrogens is 499 g/mol. The predicted molar refractivity (Wildman–Crippen MR) is 155 cm³/mol. The van der Waals surface area contributed by atoms with E-state index in [0.717, 1.165) is 55.1 Å². The minimum Gasteiger partial charge on any atom is -0.494 e. The molecule has 0 radical (unpaired) electrons. The fourth-order valence-electron chi connectivity index (χ4n) is 5.44. The fraction of sp³-hybridized carbons (Fsp3) is 0.464. The molecule has 10 heteroatoms. The lowest BCUT2D eigenvalue weighted by molar-refractivity contribution is -0.384. The average molecular weight is 539 g/mol. The van der Waals surface area contributed by atoms with E-state index in [-0.39, 0.29) is 15.8 Å². The summed E-state index contributed by atoms with van der Waals surface area (Å²) in [5, 5.41) is 17.6. The van der Waals surface area contributed by atoms with Crippen molar-refractivity contribution in [2.24, 2.45) is 4.74 Å². The predicted octanol–water partition coefficient (Wildman–Crippen LogP) is 5.92. The average Bonchev–Trinajstić information content (AvgIpc) is 3.20. The highest BCUT2D eigenvalue weighted by Gasteiger charge is 2.45. The maximum absolute atomic E-state index is 11.7. The van der Waals surface area contributed by atoms with E-state index >= 15 is 0 Å². The van der Waals surface area contributed by atoms with E-state index in [0.29, 0.717) is 11.4 Å². The first-order valence-electron chi connectivity index (χ1n) is 13.1. The van der Waals surface area contributed by atoms with Gasteiger partial charge < -0.3 is 9.64 Å². The molecule has 2 aromatic carbocycles. The van der Waals surface area contributed by atoms with Crippen LogP contribution in [0.1, 0.15) is 39.1 Å². The molecule has 38 heavy (non-hydrogen) atoms. The minimum absolute atomic E-state index is 0.000728. The standard InChI is InChI=1S/C28H39N6O3P/c1-8-31-16-18-32(19-17-31)38(28(4,5)6,30-25-20-24(34(35)36)14-15-26(25)37-7)27-21(2)29-33(22(27)3)23-12-10-9-11-13-23/h9-15,20H,8,16-19H2,1-7H3/t38-/m1/s1. The van der Waals surface area contributed by atoms with Crippen molar-refractivity contribution in [3.05, 3.63) is 70.0 Å². The Hall–Kier alpha value is -3.00. The Morgan fingerprint density at radius 2 is 1.74 bits per heavy atom. The number of aromatic nitrogens is 2. The number of nitrogens with zero attached hydrogens (tertiary/aromatic N) is 6. The third kappa shape index (κ3) is 5.03. The summed E-state index contributed by atoms with van der Waals surface area (Å²) in [5.74, 6) is 0.530. The maximum atomic E-state index is 11.7. The van der Waals surface area contributed by atoms with E-state index in [1.807, 2.05) is 22.9 Å². The van der Waals surface area contributed by atoms with Crippen LogP contribution in [-0.2, 0) is 0 Å². The van der Waals surface area contributed by atoms with Crippen molar-refractivity contribution < 1.29 is 9.66 Å². The van der Waals surface area contributed by atoms with Gasteiger partial charge in [-0.3, -0.25) is 14.8 Å². The number of non-ortho nitro benzene ring substituents is 1. The van der Waals surface area contributed by atoms with Crippen LogP contribution in [0.5, 0.6) is 5.75 Å². The van der Waals surface area contributed by atoms with Gasteiger partial charge in [0.05, 0.1) is 41.6 Å². The Morgan fingerprint density at radius 1 is 1.08 bits per heavy atom. The number of para-hydroxylation sites is 1. The quantitative estimate of drug-likeness (QED) is 0.211. The molecule has 1 aliphatic heterocycles. The van der Waals surface area contributed by atoms with Crippen LogP contribution >= 0.6 is 7.21 Å². The molecule has 204 valence electrons. The van der Waals surface area contributed by atoms with Crippen molar-refractivity contribution in [2.45, 2.75) is 46.7 Å². The second-order valence-corrected chi connectivity index (χ2v) is 14.4. The van der Waals surface area contributed by atoms with Crippen molar-refractivity contribution in [1.29, 1.82) is 0 Å². The lowest BCUT2D eigenvalue weighted by atomic mass is 10.2. The van der Waals surface area contributed by atoms with Gasteiger partial charge in [-0.15, -0.1) is 0 Å². The van der Waals surface area contributed by atoms with Crippen LogP contribution < -0.4 is 10.0 Å². The second-order valence-electron chi connectivity index (χ2n) is 10.6. The molecule has 0 saturated carbocycles. The number of hydrogen-bond donors (Lipinski definition) is 0. The molecule has 9 nitrogen and oxygen atoms in total. The van der Waals surface area contributed by atoms with Crippen molar-refractivity contribution >= 4 is 23.9 Å². The summed E-state index contributed by atoms with van der Waals surface area (Å²) >= 11 is 0. The van der Waals surface area contributed by atoms with E-state index in [9.17, 15) is 10.1 Å². The van der Waals surface area contributed by atoms with E-state index in [1.54, 1.807) is 19.2 Å². The molecule has 0 bridgehead atoms. The van der Waals surface area contributed by atoms with Crippen LogP contribution in [-0.4, -0.2) is 69.3 Å². The van der Waals surface area contributed by atoms with Crippen LogP contribution in [0.2, 0.25) is 0 Å². The largest absolute Gasteiger partial charge is 0.494 e. The first kappa shape index (κ1) is 28.0. The van der Waals surface area contributed by atoms with Gasteiger partial charge in [-0.05, 0) is 38.6 Å². The van der Waals surface area contributed by atoms with E-state index in [1.165, 1.54) is 6.07 Å². The van der Waals surface area contributed by atoms with E-state index in [2.05, 4.69) is 63.2 Å². The molecule has 0 spiro atoms. The van der Waals surface area contributed by atoms with Crippen LogP contribution in [0.25, 0.3) is 5.69 Å². The van der Waals surface area contributed by atoms with Gasteiger partial charge in [0, 0.05) is 43.5 Å². The Balaban J connectivity index is 2.08. The van der Waals surface area contributed by atoms with Gasteiger partial charge in [-0.25, -0.2) is 9.43 Å². The Labute approximate surface area is 225 Å². The highest BCUT2D eigenvalue weighted by molar-refractivity contribution is 7.73. The van der Waals surface area contributed by atoms with Gasteiger partial charge in [-0.2, -0.15) is 5.10 Å². The molecule has 4 rings (SSSR count). The topological polar surface area (TPSA) is 89.0 Å². The van der Waals surface area contributed by atoms with Gasteiger partial charge in [0.1, 0.15) is 11.4 Å². The van der Waals surface area contributed by atoms with Crippen molar-refractivity contribution in [2.75, 3.05) is 39.8 Å². The monoisotopic (exact) mass is 538 g/mol. The van der Waals surface area contributed by atoms with Gasteiger partial charge >= 0.3 is 0 Å². The number of methoxy groups -OCH3 is 1. The number of rotatable bonds is 7. The molecule has 1 atom stereocenters. The Morgan fingerprint density at radius 3 is 2.29 bits per heavy atom. The SMILES string of the molecule is CCN1CCN([P@](=Nc2cc([N+](=O)[O-])ccc2OC)(c2c(C)nn(-c3ccccc3)c2C)C(C)(C)C)CC1. The molecule has 3 aromatic rings. The van der Waals surface area contributed by atoms with Crippen LogP contribution in [0.4, 0.5) is 11.4 Å². The van der Waals surface area contributed by atoms with Crippen molar-refractivity contribution in [3.8, 4) is 11.4 Å². The summed E-state index contributed by atoms with van der Waals surface area (Å²) in [6, 6.07) is 14.8. The molecule has 1 fully saturated rings. The Bertz CT molecular complexity index is 1350. The number of benzene rings is 2. The number of piperazine rings is 1. The fourth-order valence-corrected chi connectivity index (χ4v) is 10.0. The number of hydrogen-bond acceptors (Lipinski definition) is 6. The zero-order valence-electron chi connectivity index (χ0n) is 23.5. The minimum atomic E-state index is -2.59. The first-order valence-corrected chi connectivity index (χ1v) is 14.8. The van der Waals surface area contributed by atoms with Gasteiger partial charge in [0.25, 0.3) is 5.69 Å². The molecule has 0 unspecified atom stereocenters. The summed E-state index contributed by atoms with van der Waals surface area (Å²) < 4.78 is 15.8. The lowest BCUT2D eigenvalue weighted by Gasteiger charge is -2.48. The summed E-state index contributed by atoms with van der Waals surface area (Å²) in [6.45, 7) is 17.7. The van der Waals surface area contributed by atoms with Gasteiger partial charge in [-0.1, -0.05) is 45.9 Å². The number of aryl methyl sites for hydroxylation is 1. The molecular formula is C28H39N6O3P. The number of nitro groups is 1. The third-order valence-electron chi connectivity index (χ3n) is 7.33. The summed E-state index contributed by atoms with van der Waals surface area (Å²) in [6.07, 6.45) is 0. The number of likely N-dealkylation sites (N-methyl/N-ethyl adjacent to an activating group) is 1. The summed E-state index contributed by atoms with van der Waals surface area (Å²) in [7, 11) is -1.00. The molecule has 1 saturated heterocycles. The van der Waals surface area contributed by atoms with E-state index in [4.69, 9.17) is 14.6 Å². The van der Waals surface area contributed by atoms with Crippen molar-refractivity contribution in [1.82, 2.24) is 19.4 Å². The highest BCUT2D eigenvalue weighted by Crippen LogP contribution is 2.66.